The molecule has 0 aliphatic carbocycles. The van der Waals surface area contributed by atoms with Gasteiger partial charge >= 0.3 is 0 Å². The Labute approximate surface area is 164 Å². The monoisotopic (exact) mass is 397 g/mol. The highest BCUT2D eigenvalue weighted by atomic mass is 32.1. The van der Waals surface area contributed by atoms with Crippen LogP contribution in [-0.2, 0) is 16.0 Å². The van der Waals surface area contributed by atoms with E-state index < -0.39 is 6.10 Å². The van der Waals surface area contributed by atoms with Crippen LogP contribution in [0.2, 0.25) is 0 Å². The van der Waals surface area contributed by atoms with E-state index in [1.165, 1.54) is 11.3 Å². The highest BCUT2D eigenvalue weighted by molar-refractivity contribution is 7.18. The summed E-state index contributed by atoms with van der Waals surface area (Å²) in [5.74, 6) is 1.03. The van der Waals surface area contributed by atoms with Gasteiger partial charge in [0.2, 0.25) is 0 Å². The summed E-state index contributed by atoms with van der Waals surface area (Å²) < 4.78 is 10.7. The first-order chi connectivity index (χ1) is 12.8. The molecule has 2 N–H and O–H groups in total. The van der Waals surface area contributed by atoms with E-state index in [9.17, 15) is 9.90 Å². The van der Waals surface area contributed by atoms with E-state index in [-0.39, 0.29) is 12.2 Å². The van der Waals surface area contributed by atoms with E-state index in [1.807, 2.05) is 18.7 Å². The van der Waals surface area contributed by atoms with Crippen molar-refractivity contribution >= 4 is 21.6 Å². The number of ether oxygens (including phenoxy) is 2. The van der Waals surface area contributed by atoms with Crippen LogP contribution < -0.4 is 5.56 Å². The number of aromatic nitrogens is 2. The zero-order chi connectivity index (χ0) is 20.0. The average Bonchev–Trinajstić information content (AvgIpc) is 2.86. The number of rotatable bonds is 11. The summed E-state index contributed by atoms with van der Waals surface area (Å²) in [5.41, 5.74) is 0.883. The minimum atomic E-state index is -0.609. The summed E-state index contributed by atoms with van der Waals surface area (Å²) in [6.07, 6.45) is -0.609. The second kappa shape index (κ2) is 10.3. The minimum absolute atomic E-state index is 0.107. The van der Waals surface area contributed by atoms with Gasteiger partial charge in [0.1, 0.15) is 10.7 Å². The first-order valence-electron chi connectivity index (χ1n) is 9.27. The highest BCUT2D eigenvalue weighted by Gasteiger charge is 2.16. The fourth-order valence-corrected chi connectivity index (χ4v) is 3.88. The van der Waals surface area contributed by atoms with Crippen molar-refractivity contribution in [2.75, 3.05) is 40.0 Å². The number of thiophene rings is 1. The fraction of sp³-hybridized carbons (Fsp3) is 0.684. The predicted octanol–water partition coefficient (Wildman–Crippen LogP) is 2.08. The lowest BCUT2D eigenvalue weighted by atomic mass is 10.2. The van der Waals surface area contributed by atoms with Crippen LogP contribution in [0.4, 0.5) is 0 Å². The maximum absolute atomic E-state index is 12.5. The third-order valence-electron chi connectivity index (χ3n) is 4.30. The van der Waals surface area contributed by atoms with Crippen molar-refractivity contribution in [2.45, 2.75) is 40.3 Å². The zero-order valence-electron chi connectivity index (χ0n) is 16.9. The molecule has 0 fully saturated rings. The SMILES string of the molecule is COCCN(Cc1nc2sc(C)c(C)c2c(=O)[nH]1)CC(O)COCC(C)C. The molecule has 0 amide bonds. The fourth-order valence-electron chi connectivity index (χ4n) is 2.83. The molecule has 0 aliphatic rings. The molecule has 2 rings (SSSR count). The van der Waals surface area contributed by atoms with Gasteiger partial charge in [-0.2, -0.15) is 0 Å². The van der Waals surface area contributed by atoms with Crippen LogP contribution in [0.15, 0.2) is 4.79 Å². The quantitative estimate of drug-likeness (QED) is 0.604. The Morgan fingerprint density at radius 1 is 1.30 bits per heavy atom. The first kappa shape index (κ1) is 22.0. The molecule has 0 spiro atoms. The van der Waals surface area contributed by atoms with Gasteiger partial charge < -0.3 is 19.6 Å². The van der Waals surface area contributed by atoms with Gasteiger partial charge in [-0.3, -0.25) is 9.69 Å². The second-order valence-electron chi connectivity index (χ2n) is 7.29. The number of fused-ring (bicyclic) bond motifs is 1. The zero-order valence-corrected chi connectivity index (χ0v) is 17.7. The largest absolute Gasteiger partial charge is 0.389 e. The van der Waals surface area contributed by atoms with Crippen LogP contribution in [0, 0.1) is 19.8 Å². The summed E-state index contributed by atoms with van der Waals surface area (Å²) in [6.45, 7) is 11.0. The summed E-state index contributed by atoms with van der Waals surface area (Å²) >= 11 is 1.54. The summed E-state index contributed by atoms with van der Waals surface area (Å²) in [7, 11) is 1.64. The molecule has 0 saturated heterocycles. The number of hydrogen-bond acceptors (Lipinski definition) is 7. The molecule has 2 aromatic rings. The maximum Gasteiger partial charge on any atom is 0.259 e. The third kappa shape index (κ3) is 6.36. The van der Waals surface area contributed by atoms with Crippen molar-refractivity contribution in [1.29, 1.82) is 0 Å². The Bertz CT molecular complexity index is 787. The summed E-state index contributed by atoms with van der Waals surface area (Å²) in [6, 6.07) is 0. The van der Waals surface area contributed by atoms with Gasteiger partial charge in [0.25, 0.3) is 5.56 Å². The van der Waals surface area contributed by atoms with Gasteiger partial charge in [0.15, 0.2) is 0 Å². The molecule has 0 saturated carbocycles. The molecule has 0 aromatic carbocycles. The lowest BCUT2D eigenvalue weighted by molar-refractivity contribution is 0.00296. The molecule has 27 heavy (non-hydrogen) atoms. The molecule has 0 radical (unpaired) electrons. The van der Waals surface area contributed by atoms with Crippen molar-refractivity contribution in [3.63, 3.8) is 0 Å². The Morgan fingerprint density at radius 3 is 2.70 bits per heavy atom. The van der Waals surface area contributed by atoms with Gasteiger partial charge in [0, 0.05) is 31.7 Å². The normalized spacial score (nSPS) is 13.2. The van der Waals surface area contributed by atoms with Crippen LogP contribution in [0.5, 0.6) is 0 Å². The topological polar surface area (TPSA) is 87.7 Å². The lowest BCUT2D eigenvalue weighted by Crippen LogP contribution is -2.37. The molecule has 1 unspecified atom stereocenters. The molecule has 8 heteroatoms. The number of methoxy groups -OCH3 is 1. The number of aromatic amines is 1. The molecule has 152 valence electrons. The van der Waals surface area contributed by atoms with Crippen LogP contribution in [0.25, 0.3) is 10.2 Å². The van der Waals surface area contributed by atoms with Crippen molar-refractivity contribution in [3.05, 3.63) is 26.6 Å². The van der Waals surface area contributed by atoms with Crippen LogP contribution in [-0.4, -0.2) is 66.1 Å². The molecule has 0 bridgehead atoms. The van der Waals surface area contributed by atoms with Gasteiger partial charge in [-0.15, -0.1) is 11.3 Å². The second-order valence-corrected chi connectivity index (χ2v) is 8.49. The molecule has 7 nitrogen and oxygen atoms in total. The van der Waals surface area contributed by atoms with Crippen LogP contribution in [0.3, 0.4) is 0 Å². The molecule has 2 heterocycles. The standard InChI is InChI=1S/C19H31N3O4S/c1-12(2)10-26-11-15(23)8-22(6-7-25-5)9-16-20-18(24)17-13(3)14(4)27-19(17)21-16/h12,15,23H,6-11H2,1-5H3,(H,20,21,24). The predicted molar refractivity (Wildman–Crippen MR) is 109 cm³/mol. The van der Waals surface area contributed by atoms with E-state index in [0.717, 1.165) is 15.3 Å². The number of nitrogens with one attached hydrogen (secondary N) is 1. The van der Waals surface area contributed by atoms with Crippen molar-refractivity contribution in [2.24, 2.45) is 5.92 Å². The van der Waals surface area contributed by atoms with E-state index in [2.05, 4.69) is 23.8 Å². The Balaban J connectivity index is 2.08. The van der Waals surface area contributed by atoms with Crippen molar-refractivity contribution in [3.8, 4) is 0 Å². The molecule has 1 atom stereocenters. The van der Waals surface area contributed by atoms with Crippen molar-refractivity contribution < 1.29 is 14.6 Å². The van der Waals surface area contributed by atoms with E-state index >= 15 is 0 Å². The Morgan fingerprint density at radius 2 is 2.04 bits per heavy atom. The molecule has 2 aromatic heterocycles. The summed E-state index contributed by atoms with van der Waals surface area (Å²) in [4.78, 5) is 23.9. The van der Waals surface area contributed by atoms with Gasteiger partial charge in [-0.1, -0.05) is 13.8 Å². The number of aliphatic hydroxyl groups is 1. The van der Waals surface area contributed by atoms with Crippen LogP contribution >= 0.6 is 11.3 Å². The molecular weight excluding hydrogens is 366 g/mol. The van der Waals surface area contributed by atoms with Gasteiger partial charge in [0.05, 0.1) is 31.2 Å². The average molecular weight is 398 g/mol. The number of nitrogens with zero attached hydrogens (tertiary/aromatic N) is 2. The Kier molecular flexibility index (Phi) is 8.37. The minimum Gasteiger partial charge on any atom is -0.389 e. The number of hydrogen-bond donors (Lipinski definition) is 2. The number of aryl methyl sites for hydroxylation is 2. The molecule has 0 aliphatic heterocycles. The first-order valence-corrected chi connectivity index (χ1v) is 10.1. The number of H-pyrrole nitrogens is 1. The number of aliphatic hydroxyl groups excluding tert-OH is 1. The summed E-state index contributed by atoms with van der Waals surface area (Å²) in [5, 5.41) is 11.0. The molecular formula is C19H31N3O4S. The van der Waals surface area contributed by atoms with Crippen molar-refractivity contribution in [1.82, 2.24) is 14.9 Å². The van der Waals surface area contributed by atoms with Gasteiger partial charge in [-0.05, 0) is 25.3 Å². The Hall–Kier alpha value is -1.32. The van der Waals surface area contributed by atoms with Gasteiger partial charge in [-0.25, -0.2) is 4.98 Å². The maximum atomic E-state index is 12.5. The third-order valence-corrected chi connectivity index (χ3v) is 5.40. The lowest BCUT2D eigenvalue weighted by Gasteiger charge is -2.24. The van der Waals surface area contributed by atoms with E-state index in [1.54, 1.807) is 7.11 Å². The highest BCUT2D eigenvalue weighted by Crippen LogP contribution is 2.25. The van der Waals surface area contributed by atoms with Crippen LogP contribution in [0.1, 0.15) is 30.1 Å². The van der Waals surface area contributed by atoms with E-state index in [4.69, 9.17) is 9.47 Å². The smallest absolute Gasteiger partial charge is 0.259 e. The van der Waals surface area contributed by atoms with E-state index in [0.29, 0.717) is 50.0 Å².